The van der Waals surface area contributed by atoms with E-state index in [4.69, 9.17) is 4.98 Å². The van der Waals surface area contributed by atoms with Gasteiger partial charge < -0.3 is 15.1 Å². The highest BCUT2D eigenvalue weighted by Gasteiger charge is 2.23. The first-order chi connectivity index (χ1) is 12.7. The fourth-order valence-electron chi connectivity index (χ4n) is 3.00. The van der Waals surface area contributed by atoms with Crippen LogP contribution in [0.1, 0.15) is 4.88 Å². The second-order valence-electron chi connectivity index (χ2n) is 6.02. The average Bonchev–Trinajstić information content (AvgIpc) is 3.35. The molecule has 0 radical (unpaired) electrons. The zero-order valence-electron chi connectivity index (χ0n) is 14.5. The van der Waals surface area contributed by atoms with E-state index >= 15 is 0 Å². The van der Waals surface area contributed by atoms with Crippen LogP contribution in [0.25, 0.3) is 10.2 Å². The molecule has 1 N–H and O–H groups in total. The van der Waals surface area contributed by atoms with E-state index in [1.54, 1.807) is 34.4 Å². The molecule has 2 aromatic heterocycles. The van der Waals surface area contributed by atoms with Crippen molar-refractivity contribution in [3.05, 3.63) is 40.6 Å². The number of thiophene rings is 1. The monoisotopic (exact) mass is 404 g/mol. The number of benzene rings is 1. The number of carbonyl (C=O) groups is 1. The summed E-state index contributed by atoms with van der Waals surface area (Å²) in [5.74, 6) is 0. The molecule has 1 aromatic carbocycles. The Bertz CT molecular complexity index is 885. The van der Waals surface area contributed by atoms with Crippen LogP contribution in [-0.4, -0.2) is 48.3 Å². The van der Waals surface area contributed by atoms with Crippen LogP contribution in [0.2, 0.25) is 0 Å². The lowest BCUT2D eigenvalue weighted by Crippen LogP contribution is -2.51. The first-order valence-electron chi connectivity index (χ1n) is 8.48. The number of piperazine rings is 1. The number of amides is 2. The van der Waals surface area contributed by atoms with Gasteiger partial charge in [0, 0.05) is 36.0 Å². The standard InChI is InChI=1S/C18H20N4OS3/c1-24-14-5-2-6-15-16(14)20-18(26-15)22-9-7-21(8-10-22)17(23)19-12-13-4-3-11-25-13/h2-6,11H,7-10,12H2,1H3,(H,19,23). The van der Waals surface area contributed by atoms with Gasteiger partial charge in [0.25, 0.3) is 0 Å². The second-order valence-corrected chi connectivity index (χ2v) is 8.91. The minimum atomic E-state index is 0.0204. The fraction of sp³-hybridized carbons (Fsp3) is 0.333. The van der Waals surface area contributed by atoms with Crippen LogP contribution in [0.5, 0.6) is 0 Å². The number of thioether (sulfide) groups is 1. The number of nitrogens with one attached hydrogen (secondary N) is 1. The van der Waals surface area contributed by atoms with Gasteiger partial charge in [-0.15, -0.1) is 23.1 Å². The van der Waals surface area contributed by atoms with E-state index in [-0.39, 0.29) is 6.03 Å². The number of para-hydroxylation sites is 1. The summed E-state index contributed by atoms with van der Waals surface area (Å²) < 4.78 is 1.22. The van der Waals surface area contributed by atoms with Crippen LogP contribution >= 0.6 is 34.4 Å². The summed E-state index contributed by atoms with van der Waals surface area (Å²) in [5, 5.41) is 6.09. The third-order valence-electron chi connectivity index (χ3n) is 4.42. The first kappa shape index (κ1) is 17.6. The maximum absolute atomic E-state index is 12.3. The Kier molecular flexibility index (Phi) is 5.33. The molecule has 1 aliphatic rings. The lowest BCUT2D eigenvalue weighted by molar-refractivity contribution is 0.194. The molecule has 1 saturated heterocycles. The molecule has 136 valence electrons. The van der Waals surface area contributed by atoms with Crippen molar-refractivity contribution in [3.63, 3.8) is 0 Å². The Hall–Kier alpha value is -1.77. The first-order valence-corrected chi connectivity index (χ1v) is 11.4. The van der Waals surface area contributed by atoms with Gasteiger partial charge in [-0.3, -0.25) is 0 Å². The Morgan fingerprint density at radius 3 is 2.81 bits per heavy atom. The van der Waals surface area contributed by atoms with Crippen molar-refractivity contribution in [3.8, 4) is 0 Å². The number of carbonyl (C=O) groups excluding carboxylic acids is 1. The topological polar surface area (TPSA) is 48.5 Å². The van der Waals surface area contributed by atoms with Crippen molar-refractivity contribution in [1.29, 1.82) is 0 Å². The minimum absolute atomic E-state index is 0.0204. The van der Waals surface area contributed by atoms with E-state index in [9.17, 15) is 4.79 Å². The van der Waals surface area contributed by atoms with Crippen molar-refractivity contribution in [2.75, 3.05) is 37.3 Å². The predicted octanol–water partition coefficient (Wildman–Crippen LogP) is 4.11. The second kappa shape index (κ2) is 7.85. The molecule has 0 aliphatic carbocycles. The Labute approximate surface area is 165 Å². The number of fused-ring (bicyclic) bond motifs is 1. The molecule has 3 aromatic rings. The summed E-state index contributed by atoms with van der Waals surface area (Å²) in [7, 11) is 0. The molecule has 5 nitrogen and oxygen atoms in total. The van der Waals surface area contributed by atoms with Crippen LogP contribution < -0.4 is 10.2 Å². The zero-order valence-corrected chi connectivity index (χ0v) is 16.9. The molecule has 0 atom stereocenters. The van der Waals surface area contributed by atoms with Crippen LogP contribution in [0.15, 0.2) is 40.6 Å². The Morgan fingerprint density at radius 1 is 1.23 bits per heavy atom. The number of hydrogen-bond acceptors (Lipinski definition) is 6. The van der Waals surface area contributed by atoms with Gasteiger partial charge >= 0.3 is 6.03 Å². The molecule has 1 fully saturated rings. The third kappa shape index (κ3) is 3.67. The van der Waals surface area contributed by atoms with Crippen molar-refractivity contribution in [2.45, 2.75) is 11.4 Å². The number of nitrogens with zero attached hydrogens (tertiary/aromatic N) is 3. The summed E-state index contributed by atoms with van der Waals surface area (Å²) in [6.45, 7) is 3.69. The summed E-state index contributed by atoms with van der Waals surface area (Å²) in [6.07, 6.45) is 2.08. The highest BCUT2D eigenvalue weighted by atomic mass is 32.2. The number of urea groups is 1. The number of thiazole rings is 1. The zero-order chi connectivity index (χ0) is 17.9. The summed E-state index contributed by atoms with van der Waals surface area (Å²) in [6, 6.07) is 10.4. The van der Waals surface area contributed by atoms with E-state index in [0.29, 0.717) is 6.54 Å². The van der Waals surface area contributed by atoms with Gasteiger partial charge in [0.1, 0.15) is 0 Å². The van der Waals surface area contributed by atoms with E-state index < -0.39 is 0 Å². The Morgan fingerprint density at radius 2 is 2.08 bits per heavy atom. The molecule has 2 amide bonds. The highest BCUT2D eigenvalue weighted by Crippen LogP contribution is 2.34. The van der Waals surface area contributed by atoms with Gasteiger partial charge in [-0.1, -0.05) is 23.5 Å². The van der Waals surface area contributed by atoms with Crippen LogP contribution in [-0.2, 0) is 6.54 Å². The van der Waals surface area contributed by atoms with E-state index in [2.05, 4.69) is 34.7 Å². The molecule has 0 spiro atoms. The summed E-state index contributed by atoms with van der Waals surface area (Å²) in [4.78, 5) is 23.8. The number of aromatic nitrogens is 1. The molecule has 8 heteroatoms. The van der Waals surface area contributed by atoms with Crippen molar-refractivity contribution >= 4 is 55.8 Å². The normalized spacial score (nSPS) is 14.8. The van der Waals surface area contributed by atoms with Gasteiger partial charge in [-0.25, -0.2) is 9.78 Å². The molecule has 4 rings (SSSR count). The van der Waals surface area contributed by atoms with Crippen molar-refractivity contribution in [2.24, 2.45) is 0 Å². The van der Waals surface area contributed by atoms with Gasteiger partial charge in [-0.05, 0) is 29.8 Å². The summed E-state index contributed by atoms with van der Waals surface area (Å²) in [5.41, 5.74) is 1.09. The summed E-state index contributed by atoms with van der Waals surface area (Å²) >= 11 is 5.13. The molecule has 26 heavy (non-hydrogen) atoms. The van der Waals surface area contributed by atoms with Gasteiger partial charge in [0.05, 0.1) is 16.8 Å². The fourth-order valence-corrected chi connectivity index (χ4v) is 5.32. The molecule has 3 heterocycles. The number of anilines is 1. The molecular formula is C18H20N4OS3. The quantitative estimate of drug-likeness (QED) is 0.665. The maximum atomic E-state index is 12.3. The maximum Gasteiger partial charge on any atom is 0.317 e. The van der Waals surface area contributed by atoms with Gasteiger partial charge in [-0.2, -0.15) is 0 Å². The van der Waals surface area contributed by atoms with Gasteiger partial charge in [0.2, 0.25) is 0 Å². The molecule has 1 aliphatic heterocycles. The van der Waals surface area contributed by atoms with Crippen LogP contribution in [0, 0.1) is 0 Å². The largest absolute Gasteiger partial charge is 0.345 e. The minimum Gasteiger partial charge on any atom is -0.345 e. The average molecular weight is 405 g/mol. The SMILES string of the molecule is CSc1cccc2sc(N3CCN(C(=O)NCc4cccs4)CC3)nc12. The molecule has 0 bridgehead atoms. The predicted molar refractivity (Wildman–Crippen MR) is 112 cm³/mol. The Balaban J connectivity index is 1.36. The number of hydrogen-bond donors (Lipinski definition) is 1. The smallest absolute Gasteiger partial charge is 0.317 e. The van der Waals surface area contributed by atoms with Crippen LogP contribution in [0.4, 0.5) is 9.93 Å². The van der Waals surface area contributed by atoms with Crippen LogP contribution in [0.3, 0.4) is 0 Å². The van der Waals surface area contributed by atoms with Crippen molar-refractivity contribution < 1.29 is 4.79 Å². The molecular weight excluding hydrogens is 384 g/mol. The van der Waals surface area contributed by atoms with E-state index in [1.807, 2.05) is 22.4 Å². The van der Waals surface area contributed by atoms with Gasteiger partial charge in [0.15, 0.2) is 5.13 Å². The van der Waals surface area contributed by atoms with Crippen molar-refractivity contribution in [1.82, 2.24) is 15.2 Å². The van der Waals surface area contributed by atoms with E-state index in [1.165, 1.54) is 14.5 Å². The molecule has 0 saturated carbocycles. The third-order valence-corrected chi connectivity index (χ3v) is 7.15. The van der Waals surface area contributed by atoms with E-state index in [0.717, 1.165) is 36.8 Å². The highest BCUT2D eigenvalue weighted by molar-refractivity contribution is 7.98. The molecule has 0 unspecified atom stereocenters. The lowest BCUT2D eigenvalue weighted by Gasteiger charge is -2.34. The number of rotatable bonds is 4. The lowest BCUT2D eigenvalue weighted by atomic mass is 10.3.